The largest absolute Gasteiger partial charge is 0.492 e. The number of carbonyl (C=O) groups is 1. The van der Waals surface area contributed by atoms with Gasteiger partial charge in [0, 0.05) is 25.4 Å². The Morgan fingerprint density at radius 3 is 2.32 bits per heavy atom. The van der Waals surface area contributed by atoms with E-state index in [0.29, 0.717) is 37.9 Å². The Morgan fingerprint density at radius 2 is 1.79 bits per heavy atom. The van der Waals surface area contributed by atoms with E-state index in [1.165, 1.54) is 10.4 Å². The summed E-state index contributed by atoms with van der Waals surface area (Å²) in [5.41, 5.74) is 0.387. The molecule has 1 aromatic carbocycles. The predicted molar refractivity (Wildman–Crippen MR) is 111 cm³/mol. The van der Waals surface area contributed by atoms with Crippen LogP contribution in [0, 0.1) is 5.92 Å². The standard InChI is InChI=1S/C20H34N2O5S/c1-7-22(8-2)28(24,25)19-14-17(10-11-18(19)26-9-3)21-20(23)16(6)27-13-12-15(4)5/h10-11,14-16H,7-9,12-13H2,1-6H3,(H,21,23). The maximum atomic E-state index is 13.0. The zero-order chi connectivity index (χ0) is 21.3. The number of anilines is 1. The molecule has 0 heterocycles. The first kappa shape index (κ1) is 24.4. The highest BCUT2D eigenvalue weighted by atomic mass is 32.2. The molecule has 160 valence electrons. The van der Waals surface area contributed by atoms with E-state index >= 15 is 0 Å². The van der Waals surface area contributed by atoms with Gasteiger partial charge in [-0.1, -0.05) is 27.7 Å². The van der Waals surface area contributed by atoms with Gasteiger partial charge in [0.25, 0.3) is 5.91 Å². The van der Waals surface area contributed by atoms with E-state index < -0.39 is 16.1 Å². The van der Waals surface area contributed by atoms with Crippen LogP contribution < -0.4 is 10.1 Å². The van der Waals surface area contributed by atoms with Crippen molar-refractivity contribution in [2.45, 2.75) is 59.0 Å². The molecule has 1 amide bonds. The third-order valence-corrected chi connectivity index (χ3v) is 6.34. The molecule has 1 atom stereocenters. The van der Waals surface area contributed by atoms with Gasteiger partial charge in [0.2, 0.25) is 10.0 Å². The Kier molecular flexibility index (Phi) is 9.92. The molecule has 0 aromatic heterocycles. The smallest absolute Gasteiger partial charge is 0.253 e. The van der Waals surface area contributed by atoms with E-state index in [4.69, 9.17) is 9.47 Å². The number of rotatable bonds is 12. The highest BCUT2D eigenvalue weighted by Gasteiger charge is 2.26. The van der Waals surface area contributed by atoms with E-state index in [0.717, 1.165) is 6.42 Å². The lowest BCUT2D eigenvalue weighted by atomic mass is 10.1. The number of nitrogens with zero attached hydrogens (tertiary/aromatic N) is 1. The fourth-order valence-electron chi connectivity index (χ4n) is 2.56. The Labute approximate surface area is 169 Å². The minimum absolute atomic E-state index is 0.0456. The molecule has 7 nitrogen and oxygen atoms in total. The van der Waals surface area contributed by atoms with E-state index in [1.807, 2.05) is 0 Å². The van der Waals surface area contributed by atoms with Crippen molar-refractivity contribution in [2.24, 2.45) is 5.92 Å². The van der Waals surface area contributed by atoms with Gasteiger partial charge in [-0.15, -0.1) is 0 Å². The second-order valence-corrected chi connectivity index (χ2v) is 8.78. The number of hydrogen-bond acceptors (Lipinski definition) is 5. The summed E-state index contributed by atoms with van der Waals surface area (Å²) in [7, 11) is -3.73. The van der Waals surface area contributed by atoms with Gasteiger partial charge in [-0.05, 0) is 44.4 Å². The number of ether oxygens (including phenoxy) is 2. The first-order valence-electron chi connectivity index (χ1n) is 9.86. The average Bonchev–Trinajstić information content (AvgIpc) is 2.63. The van der Waals surface area contributed by atoms with Gasteiger partial charge >= 0.3 is 0 Å². The Balaban J connectivity index is 3.05. The van der Waals surface area contributed by atoms with Gasteiger partial charge in [0.05, 0.1) is 6.61 Å². The van der Waals surface area contributed by atoms with Crippen molar-refractivity contribution in [2.75, 3.05) is 31.6 Å². The van der Waals surface area contributed by atoms with Crippen molar-refractivity contribution in [3.05, 3.63) is 18.2 Å². The summed E-state index contributed by atoms with van der Waals surface area (Å²) < 4.78 is 38.4. The highest BCUT2D eigenvalue weighted by molar-refractivity contribution is 7.89. The minimum Gasteiger partial charge on any atom is -0.492 e. The molecule has 0 spiro atoms. The normalized spacial score (nSPS) is 13.0. The predicted octanol–water partition coefficient (Wildman–Crippen LogP) is 3.51. The molecule has 28 heavy (non-hydrogen) atoms. The summed E-state index contributed by atoms with van der Waals surface area (Å²) in [5.74, 6) is 0.446. The highest BCUT2D eigenvalue weighted by Crippen LogP contribution is 2.30. The second kappa shape index (κ2) is 11.4. The van der Waals surface area contributed by atoms with Crippen molar-refractivity contribution in [1.29, 1.82) is 0 Å². The number of nitrogens with one attached hydrogen (secondary N) is 1. The molecule has 0 aliphatic rings. The number of benzene rings is 1. The van der Waals surface area contributed by atoms with Crippen LogP contribution in [0.4, 0.5) is 5.69 Å². The Hall–Kier alpha value is -1.64. The topological polar surface area (TPSA) is 84.9 Å². The van der Waals surface area contributed by atoms with Gasteiger partial charge in [0.15, 0.2) is 0 Å². The number of hydrogen-bond donors (Lipinski definition) is 1. The van der Waals surface area contributed by atoms with Crippen LogP contribution in [-0.4, -0.2) is 51.0 Å². The molecule has 0 saturated carbocycles. The molecular formula is C20H34N2O5S. The fraction of sp³-hybridized carbons (Fsp3) is 0.650. The monoisotopic (exact) mass is 414 g/mol. The van der Waals surface area contributed by atoms with Crippen LogP contribution >= 0.6 is 0 Å². The maximum absolute atomic E-state index is 13.0. The van der Waals surface area contributed by atoms with Gasteiger partial charge in [0.1, 0.15) is 16.7 Å². The molecular weight excluding hydrogens is 380 g/mol. The fourth-order valence-corrected chi connectivity index (χ4v) is 4.18. The third-order valence-electron chi connectivity index (χ3n) is 4.27. The lowest BCUT2D eigenvalue weighted by Crippen LogP contribution is -2.31. The molecule has 0 radical (unpaired) electrons. The minimum atomic E-state index is -3.73. The van der Waals surface area contributed by atoms with Gasteiger partial charge in [-0.25, -0.2) is 8.42 Å². The van der Waals surface area contributed by atoms with Crippen LogP contribution in [0.2, 0.25) is 0 Å². The molecule has 1 aromatic rings. The average molecular weight is 415 g/mol. The van der Waals surface area contributed by atoms with Crippen LogP contribution in [0.3, 0.4) is 0 Å². The molecule has 8 heteroatoms. The molecule has 0 bridgehead atoms. The first-order chi connectivity index (χ1) is 13.2. The Morgan fingerprint density at radius 1 is 1.14 bits per heavy atom. The van der Waals surface area contributed by atoms with Crippen molar-refractivity contribution < 1.29 is 22.7 Å². The van der Waals surface area contributed by atoms with E-state index in [1.54, 1.807) is 39.8 Å². The molecule has 0 saturated heterocycles. The first-order valence-corrected chi connectivity index (χ1v) is 11.3. The number of amides is 1. The Bertz CT molecular complexity index is 730. The zero-order valence-corrected chi connectivity index (χ0v) is 18.6. The van der Waals surface area contributed by atoms with Crippen LogP contribution in [0.1, 0.15) is 48.0 Å². The van der Waals surface area contributed by atoms with Gasteiger partial charge < -0.3 is 14.8 Å². The van der Waals surface area contributed by atoms with Crippen molar-refractivity contribution >= 4 is 21.6 Å². The molecule has 1 unspecified atom stereocenters. The molecule has 0 aliphatic heterocycles. The maximum Gasteiger partial charge on any atom is 0.253 e. The van der Waals surface area contributed by atoms with Crippen LogP contribution in [0.15, 0.2) is 23.1 Å². The van der Waals surface area contributed by atoms with Crippen molar-refractivity contribution in [3.63, 3.8) is 0 Å². The molecule has 0 aliphatic carbocycles. The molecule has 1 N–H and O–H groups in total. The van der Waals surface area contributed by atoms with Crippen molar-refractivity contribution in [3.8, 4) is 5.75 Å². The summed E-state index contributed by atoms with van der Waals surface area (Å²) in [5, 5.41) is 2.73. The quantitative estimate of drug-likeness (QED) is 0.566. The zero-order valence-electron chi connectivity index (χ0n) is 17.8. The SMILES string of the molecule is CCOc1ccc(NC(=O)C(C)OCCC(C)C)cc1S(=O)(=O)N(CC)CC. The lowest BCUT2D eigenvalue weighted by Gasteiger charge is -2.21. The summed E-state index contributed by atoms with van der Waals surface area (Å²) in [6.07, 6.45) is 0.237. The summed E-state index contributed by atoms with van der Waals surface area (Å²) in [6.45, 7) is 12.7. The van der Waals surface area contributed by atoms with Crippen LogP contribution in [0.5, 0.6) is 5.75 Å². The molecule has 1 rings (SSSR count). The molecule has 0 fully saturated rings. The van der Waals surface area contributed by atoms with Crippen molar-refractivity contribution in [1.82, 2.24) is 4.31 Å². The summed E-state index contributed by atoms with van der Waals surface area (Å²) >= 11 is 0. The third kappa shape index (κ3) is 6.76. The van der Waals surface area contributed by atoms with Gasteiger partial charge in [-0.3, -0.25) is 4.79 Å². The number of sulfonamides is 1. The summed E-state index contributed by atoms with van der Waals surface area (Å²) in [6, 6.07) is 4.64. The van der Waals surface area contributed by atoms with E-state index in [-0.39, 0.29) is 16.6 Å². The van der Waals surface area contributed by atoms with E-state index in [2.05, 4.69) is 19.2 Å². The van der Waals surface area contributed by atoms with Crippen LogP contribution in [-0.2, 0) is 19.6 Å². The van der Waals surface area contributed by atoms with Gasteiger partial charge in [-0.2, -0.15) is 4.31 Å². The van der Waals surface area contributed by atoms with Crippen LogP contribution in [0.25, 0.3) is 0 Å². The number of carbonyl (C=O) groups excluding carboxylic acids is 1. The lowest BCUT2D eigenvalue weighted by molar-refractivity contribution is -0.126. The second-order valence-electron chi connectivity index (χ2n) is 6.87. The summed E-state index contributed by atoms with van der Waals surface area (Å²) in [4.78, 5) is 12.4. The van der Waals surface area contributed by atoms with E-state index in [9.17, 15) is 13.2 Å².